The van der Waals surface area contributed by atoms with E-state index in [0.29, 0.717) is 0 Å². The summed E-state index contributed by atoms with van der Waals surface area (Å²) in [7, 11) is 6.89. The second-order valence-electron chi connectivity index (χ2n) is 5.83. The summed E-state index contributed by atoms with van der Waals surface area (Å²) in [5.74, 6) is 0. The molecule has 0 aromatic rings. The number of hydrogen-bond donors (Lipinski definition) is 0. The highest BCUT2D eigenvalue weighted by molar-refractivity contribution is 7.14. The number of halogens is 1. The molecule has 0 aromatic heterocycles. The van der Waals surface area contributed by atoms with E-state index < -0.39 is 13.2 Å². The monoisotopic (exact) mass is 280 g/mol. The van der Waals surface area contributed by atoms with Crippen molar-refractivity contribution in [3.63, 3.8) is 0 Å². The molecule has 0 N–H and O–H groups in total. The summed E-state index contributed by atoms with van der Waals surface area (Å²) in [5, 5.41) is 0. The molecule has 100 valence electrons. The van der Waals surface area contributed by atoms with Gasteiger partial charge in [0.2, 0.25) is 0 Å². The van der Waals surface area contributed by atoms with Crippen molar-refractivity contribution in [3.8, 4) is 0 Å². The minimum absolute atomic E-state index is 1.27. The SMILES string of the molecule is [Cl][Al](/[C]1=C/CCCCCC1)/[C]1=C/CCCCCC1. The van der Waals surface area contributed by atoms with Gasteiger partial charge in [-0.15, -0.1) is 8.87 Å². The maximum Gasteiger partial charge on any atom is 0.466 e. The van der Waals surface area contributed by atoms with Crippen LogP contribution in [0.4, 0.5) is 0 Å². The van der Waals surface area contributed by atoms with E-state index in [-0.39, 0.29) is 0 Å². The van der Waals surface area contributed by atoms with E-state index in [9.17, 15) is 0 Å². The standard InChI is InChI=1S/2C8H13.Al.ClH/c2*1-2-4-6-8-7-5-3-1;;/h2*1H,2,4-8H2;;1H/q;;+1;/p-1. The third kappa shape index (κ3) is 4.77. The van der Waals surface area contributed by atoms with Crippen LogP contribution in [0.25, 0.3) is 0 Å². The van der Waals surface area contributed by atoms with Crippen LogP contribution >= 0.6 is 10.0 Å². The Balaban J connectivity index is 2.00. The van der Waals surface area contributed by atoms with Crippen LogP contribution in [0.2, 0.25) is 0 Å². The van der Waals surface area contributed by atoms with Crippen molar-refractivity contribution in [2.75, 3.05) is 0 Å². The molecule has 0 radical (unpaired) electrons. The Morgan fingerprint density at radius 1 is 0.667 bits per heavy atom. The Hall–Kier alpha value is 0.302. The van der Waals surface area contributed by atoms with E-state index in [1.807, 2.05) is 0 Å². The van der Waals surface area contributed by atoms with Crippen molar-refractivity contribution in [2.45, 2.75) is 77.0 Å². The first-order valence-corrected chi connectivity index (χ1v) is 10.8. The first-order chi connectivity index (χ1) is 8.88. The van der Waals surface area contributed by atoms with Crippen molar-refractivity contribution >= 4 is 23.3 Å². The number of allylic oxidation sites excluding steroid dienone is 4. The van der Waals surface area contributed by atoms with Gasteiger partial charge in [-0.2, -0.15) is 0 Å². The van der Waals surface area contributed by atoms with Crippen LogP contribution < -0.4 is 0 Å². The molecule has 2 rings (SSSR count). The first kappa shape index (κ1) is 14.7. The molecule has 0 aliphatic heterocycles. The Bertz CT molecular complexity index is 276. The maximum absolute atomic E-state index is 6.89. The first-order valence-electron chi connectivity index (χ1n) is 7.90. The molecule has 0 saturated carbocycles. The summed E-state index contributed by atoms with van der Waals surface area (Å²) in [4.78, 5) is 0. The summed E-state index contributed by atoms with van der Waals surface area (Å²) in [5.41, 5.74) is 0. The van der Waals surface area contributed by atoms with Crippen LogP contribution in [0.5, 0.6) is 0 Å². The minimum Gasteiger partial charge on any atom is -0.246 e. The van der Waals surface area contributed by atoms with E-state index in [1.165, 1.54) is 77.0 Å². The lowest BCUT2D eigenvalue weighted by Gasteiger charge is -2.18. The highest BCUT2D eigenvalue weighted by Crippen LogP contribution is 2.28. The molecule has 0 spiro atoms. The van der Waals surface area contributed by atoms with Gasteiger partial charge in [0.1, 0.15) is 0 Å². The fraction of sp³-hybridized carbons (Fsp3) is 0.750. The molecule has 0 atom stereocenters. The molecule has 2 heteroatoms. The van der Waals surface area contributed by atoms with Gasteiger partial charge in [-0.3, -0.25) is 0 Å². The molecule has 0 amide bonds. The molecular weight excluding hydrogens is 255 g/mol. The third-order valence-electron chi connectivity index (χ3n) is 4.30. The normalized spacial score (nSPS) is 28.7. The largest absolute Gasteiger partial charge is 0.466 e. The highest BCUT2D eigenvalue weighted by atomic mass is 35.6. The van der Waals surface area contributed by atoms with Gasteiger partial charge in [-0.05, 0) is 38.5 Å². The molecule has 0 fully saturated rings. The quantitative estimate of drug-likeness (QED) is 0.556. The topological polar surface area (TPSA) is 0 Å². The van der Waals surface area contributed by atoms with Gasteiger partial charge < -0.3 is 0 Å². The molecule has 0 aromatic carbocycles. The zero-order chi connectivity index (χ0) is 12.6. The molecule has 0 heterocycles. The zero-order valence-electron chi connectivity index (χ0n) is 11.6. The molecular formula is C16H26AlCl. The summed E-state index contributed by atoms with van der Waals surface area (Å²) in [6.45, 7) is 0. The van der Waals surface area contributed by atoms with Crippen LogP contribution in [-0.2, 0) is 0 Å². The van der Waals surface area contributed by atoms with Crippen LogP contribution in [0.1, 0.15) is 77.0 Å². The van der Waals surface area contributed by atoms with Gasteiger partial charge in [-0.1, -0.05) is 50.7 Å². The second-order valence-corrected chi connectivity index (χ2v) is 9.34. The Labute approximate surface area is 121 Å². The van der Waals surface area contributed by atoms with Crippen molar-refractivity contribution in [2.24, 2.45) is 0 Å². The van der Waals surface area contributed by atoms with Gasteiger partial charge >= 0.3 is 13.2 Å². The van der Waals surface area contributed by atoms with Crippen molar-refractivity contribution in [1.82, 2.24) is 0 Å². The lowest BCUT2D eigenvalue weighted by atomic mass is 10.1. The average Bonchev–Trinajstić information content (AvgIpc) is 2.27. The molecule has 2 aliphatic rings. The van der Waals surface area contributed by atoms with E-state index in [4.69, 9.17) is 10.0 Å². The summed E-state index contributed by atoms with van der Waals surface area (Å²) >= 11 is -1.27. The average molecular weight is 281 g/mol. The summed E-state index contributed by atoms with van der Waals surface area (Å²) in [6.07, 6.45) is 21.3. The van der Waals surface area contributed by atoms with Crippen LogP contribution in [0, 0.1) is 0 Å². The molecule has 2 aliphatic carbocycles. The van der Waals surface area contributed by atoms with E-state index in [2.05, 4.69) is 12.2 Å². The third-order valence-corrected chi connectivity index (χ3v) is 8.34. The van der Waals surface area contributed by atoms with Gasteiger partial charge in [0.25, 0.3) is 0 Å². The lowest BCUT2D eigenvalue weighted by Crippen LogP contribution is -2.15. The molecule has 0 bridgehead atoms. The zero-order valence-corrected chi connectivity index (χ0v) is 13.5. The van der Waals surface area contributed by atoms with E-state index in [0.717, 1.165) is 0 Å². The maximum atomic E-state index is 6.89. The predicted octanol–water partition coefficient (Wildman–Crippen LogP) is 5.86. The lowest BCUT2D eigenvalue weighted by molar-refractivity contribution is 0.629. The van der Waals surface area contributed by atoms with Gasteiger partial charge in [0, 0.05) is 0 Å². The fourth-order valence-electron chi connectivity index (χ4n) is 3.13. The van der Waals surface area contributed by atoms with E-state index in [1.54, 1.807) is 8.87 Å². The molecule has 18 heavy (non-hydrogen) atoms. The Morgan fingerprint density at radius 3 is 1.61 bits per heavy atom. The minimum atomic E-state index is -1.27. The number of rotatable bonds is 2. The highest BCUT2D eigenvalue weighted by Gasteiger charge is 2.25. The molecule has 0 nitrogen and oxygen atoms in total. The second kappa shape index (κ2) is 8.47. The summed E-state index contributed by atoms with van der Waals surface area (Å²) in [6, 6.07) is 0. The smallest absolute Gasteiger partial charge is 0.246 e. The van der Waals surface area contributed by atoms with Crippen molar-refractivity contribution in [1.29, 1.82) is 0 Å². The van der Waals surface area contributed by atoms with Crippen molar-refractivity contribution < 1.29 is 0 Å². The van der Waals surface area contributed by atoms with Gasteiger partial charge in [0.15, 0.2) is 0 Å². The number of hydrogen-bond acceptors (Lipinski definition) is 0. The Morgan fingerprint density at radius 2 is 1.11 bits per heavy atom. The summed E-state index contributed by atoms with van der Waals surface area (Å²) < 4.78 is 3.31. The van der Waals surface area contributed by atoms with Crippen LogP contribution in [0.15, 0.2) is 21.0 Å². The molecule has 0 unspecified atom stereocenters. The molecule has 0 saturated heterocycles. The predicted molar refractivity (Wildman–Crippen MR) is 83.2 cm³/mol. The van der Waals surface area contributed by atoms with Crippen LogP contribution in [-0.4, -0.2) is 13.2 Å². The van der Waals surface area contributed by atoms with Gasteiger partial charge in [0.05, 0.1) is 0 Å². The van der Waals surface area contributed by atoms with Gasteiger partial charge in [-0.25, -0.2) is 10.0 Å². The van der Waals surface area contributed by atoms with E-state index >= 15 is 0 Å². The van der Waals surface area contributed by atoms with Crippen molar-refractivity contribution in [3.05, 3.63) is 21.0 Å². The van der Waals surface area contributed by atoms with Crippen LogP contribution in [0.3, 0.4) is 0 Å². The Kier molecular flexibility index (Phi) is 6.92. The fourth-order valence-corrected chi connectivity index (χ4v) is 6.46.